The summed E-state index contributed by atoms with van der Waals surface area (Å²) in [6.07, 6.45) is 6.15. The smallest absolute Gasteiger partial charge is 0.138 e. The fourth-order valence-electron chi connectivity index (χ4n) is 3.11. The second-order valence-electron chi connectivity index (χ2n) is 5.52. The van der Waals surface area contributed by atoms with Gasteiger partial charge in [-0.3, -0.25) is 4.90 Å². The quantitative estimate of drug-likeness (QED) is 0.865. The Labute approximate surface area is 122 Å². The first-order valence-electron chi connectivity index (χ1n) is 7.11. The first-order valence-corrected chi connectivity index (χ1v) is 7.90. The van der Waals surface area contributed by atoms with Crippen molar-refractivity contribution in [2.75, 3.05) is 13.1 Å². The molecule has 0 radical (unpaired) electrons. The Morgan fingerprint density at radius 2 is 2.37 bits per heavy atom. The second-order valence-corrected chi connectivity index (χ2v) is 6.34. The lowest BCUT2D eigenvalue weighted by atomic mass is 10.0. The zero-order valence-corrected chi connectivity index (χ0v) is 12.9. The van der Waals surface area contributed by atoms with Crippen molar-refractivity contribution >= 4 is 27.0 Å². The summed E-state index contributed by atoms with van der Waals surface area (Å²) < 4.78 is 0.887. The van der Waals surface area contributed by atoms with E-state index >= 15 is 0 Å². The molecule has 0 bridgehead atoms. The molecule has 2 aromatic rings. The molecular weight excluding hydrogens is 302 g/mol. The third-order valence-corrected chi connectivity index (χ3v) is 4.49. The lowest BCUT2D eigenvalue weighted by Gasteiger charge is -2.15. The Morgan fingerprint density at radius 3 is 3.21 bits per heavy atom. The van der Waals surface area contributed by atoms with E-state index in [4.69, 9.17) is 0 Å². The lowest BCUT2D eigenvalue weighted by Crippen LogP contribution is -2.19. The van der Waals surface area contributed by atoms with Gasteiger partial charge >= 0.3 is 0 Å². The summed E-state index contributed by atoms with van der Waals surface area (Å²) in [4.78, 5) is 10.3. The van der Waals surface area contributed by atoms with Crippen molar-refractivity contribution < 1.29 is 0 Å². The number of rotatable bonds is 4. The predicted octanol–water partition coefficient (Wildman–Crippen LogP) is 3.95. The number of aromatic amines is 1. The minimum absolute atomic E-state index is 0.887. The number of hydrogen-bond acceptors (Lipinski definition) is 2. The molecule has 0 saturated carbocycles. The first kappa shape index (κ1) is 13.1. The molecule has 3 heterocycles. The number of nitrogens with one attached hydrogen (secondary N) is 1. The summed E-state index contributed by atoms with van der Waals surface area (Å²) in [6.45, 7) is 5.82. The molecule has 1 aliphatic rings. The molecule has 1 N–H and O–H groups in total. The number of nitrogens with zero attached hydrogens (tertiary/aromatic N) is 2. The van der Waals surface area contributed by atoms with E-state index in [-0.39, 0.29) is 0 Å². The highest BCUT2D eigenvalue weighted by atomic mass is 79.9. The monoisotopic (exact) mass is 321 g/mol. The van der Waals surface area contributed by atoms with Crippen LogP contribution in [0.3, 0.4) is 0 Å². The molecule has 3 rings (SSSR count). The average Bonchev–Trinajstić information content (AvgIpc) is 2.98. The van der Waals surface area contributed by atoms with Crippen LogP contribution in [0.5, 0.6) is 0 Å². The van der Waals surface area contributed by atoms with E-state index < -0.39 is 0 Å². The zero-order valence-electron chi connectivity index (χ0n) is 11.3. The summed E-state index contributed by atoms with van der Waals surface area (Å²) >= 11 is 3.41. The standard InChI is InChI=1S/C15H20BrN3/c1-2-3-11-6-7-19(9-11)10-12-8-17-15-13(12)4-5-14(16)18-15/h4-5,8,11H,2-3,6-7,9-10H2,1H3,(H,17,18). The average molecular weight is 322 g/mol. The van der Waals surface area contributed by atoms with Gasteiger partial charge < -0.3 is 4.98 Å². The van der Waals surface area contributed by atoms with Crippen molar-refractivity contribution in [1.29, 1.82) is 0 Å². The van der Waals surface area contributed by atoms with Crippen LogP contribution in [0.15, 0.2) is 22.9 Å². The Hall–Kier alpha value is -0.870. The first-order chi connectivity index (χ1) is 9.26. The van der Waals surface area contributed by atoms with Gasteiger partial charge in [0.1, 0.15) is 10.3 Å². The number of halogens is 1. The highest BCUT2D eigenvalue weighted by Crippen LogP contribution is 2.25. The summed E-state index contributed by atoms with van der Waals surface area (Å²) in [5.41, 5.74) is 2.35. The van der Waals surface area contributed by atoms with E-state index in [1.54, 1.807) is 0 Å². The van der Waals surface area contributed by atoms with E-state index in [1.807, 2.05) is 6.07 Å². The number of hydrogen-bond donors (Lipinski definition) is 1. The van der Waals surface area contributed by atoms with Crippen LogP contribution in [-0.4, -0.2) is 28.0 Å². The van der Waals surface area contributed by atoms with Crippen molar-refractivity contribution in [3.05, 3.63) is 28.5 Å². The maximum absolute atomic E-state index is 4.46. The van der Waals surface area contributed by atoms with E-state index in [9.17, 15) is 0 Å². The van der Waals surface area contributed by atoms with Crippen molar-refractivity contribution in [2.45, 2.75) is 32.7 Å². The second kappa shape index (κ2) is 5.63. The Balaban J connectivity index is 1.72. The van der Waals surface area contributed by atoms with Crippen LogP contribution in [-0.2, 0) is 6.54 Å². The summed E-state index contributed by atoms with van der Waals surface area (Å²) in [7, 11) is 0. The molecule has 1 fully saturated rings. The zero-order chi connectivity index (χ0) is 13.2. The summed E-state index contributed by atoms with van der Waals surface area (Å²) in [5.74, 6) is 0.905. The molecule has 0 aromatic carbocycles. The van der Waals surface area contributed by atoms with Crippen LogP contribution >= 0.6 is 15.9 Å². The van der Waals surface area contributed by atoms with Gasteiger partial charge in [0.2, 0.25) is 0 Å². The molecule has 102 valence electrons. The summed E-state index contributed by atoms with van der Waals surface area (Å²) in [6, 6.07) is 4.17. The SMILES string of the molecule is CCCC1CCN(Cc2c[nH]c3nc(Br)ccc23)C1. The van der Waals surface area contributed by atoms with Crippen molar-refractivity contribution in [1.82, 2.24) is 14.9 Å². The molecule has 0 spiro atoms. The van der Waals surface area contributed by atoms with Crippen LogP contribution in [0.1, 0.15) is 31.7 Å². The molecule has 2 aromatic heterocycles. The topological polar surface area (TPSA) is 31.9 Å². The molecule has 0 amide bonds. The highest BCUT2D eigenvalue weighted by Gasteiger charge is 2.22. The number of likely N-dealkylation sites (tertiary alicyclic amines) is 1. The third kappa shape index (κ3) is 2.84. The molecule has 1 saturated heterocycles. The van der Waals surface area contributed by atoms with E-state index in [2.05, 4.69) is 50.0 Å². The molecule has 3 nitrogen and oxygen atoms in total. The fourth-order valence-corrected chi connectivity index (χ4v) is 3.42. The van der Waals surface area contributed by atoms with E-state index in [0.29, 0.717) is 0 Å². The van der Waals surface area contributed by atoms with Gasteiger partial charge in [0, 0.05) is 24.7 Å². The molecule has 1 unspecified atom stereocenters. The van der Waals surface area contributed by atoms with Gasteiger partial charge in [-0.1, -0.05) is 13.3 Å². The summed E-state index contributed by atoms with van der Waals surface area (Å²) in [5, 5.41) is 1.25. The molecule has 1 aliphatic heterocycles. The van der Waals surface area contributed by atoms with E-state index in [0.717, 1.165) is 22.7 Å². The molecule has 4 heteroatoms. The highest BCUT2D eigenvalue weighted by molar-refractivity contribution is 9.10. The van der Waals surface area contributed by atoms with Gasteiger partial charge in [0.05, 0.1) is 0 Å². The fraction of sp³-hybridized carbons (Fsp3) is 0.533. The van der Waals surface area contributed by atoms with Crippen LogP contribution < -0.4 is 0 Å². The van der Waals surface area contributed by atoms with Crippen LogP contribution in [0.2, 0.25) is 0 Å². The third-order valence-electron chi connectivity index (χ3n) is 4.05. The minimum Gasteiger partial charge on any atom is -0.346 e. The van der Waals surface area contributed by atoms with Crippen LogP contribution in [0, 0.1) is 5.92 Å². The Bertz CT molecular complexity index is 564. The van der Waals surface area contributed by atoms with Gasteiger partial charge in [-0.2, -0.15) is 0 Å². The van der Waals surface area contributed by atoms with Gasteiger partial charge in [-0.15, -0.1) is 0 Å². The Morgan fingerprint density at radius 1 is 1.47 bits per heavy atom. The minimum atomic E-state index is 0.887. The molecular formula is C15H20BrN3. The van der Waals surface area contributed by atoms with Gasteiger partial charge in [0.25, 0.3) is 0 Å². The van der Waals surface area contributed by atoms with E-state index in [1.165, 1.54) is 43.3 Å². The van der Waals surface area contributed by atoms with Crippen molar-refractivity contribution in [3.8, 4) is 0 Å². The normalized spacial score (nSPS) is 20.4. The maximum Gasteiger partial charge on any atom is 0.138 e. The van der Waals surface area contributed by atoms with Crippen molar-refractivity contribution in [2.24, 2.45) is 5.92 Å². The molecule has 19 heavy (non-hydrogen) atoms. The predicted molar refractivity (Wildman–Crippen MR) is 82.1 cm³/mol. The number of H-pyrrole nitrogens is 1. The maximum atomic E-state index is 4.46. The molecule has 0 aliphatic carbocycles. The number of pyridine rings is 1. The van der Waals surface area contributed by atoms with Gasteiger partial charge in [-0.25, -0.2) is 4.98 Å². The lowest BCUT2D eigenvalue weighted by molar-refractivity contribution is 0.314. The number of fused-ring (bicyclic) bond motifs is 1. The van der Waals surface area contributed by atoms with Crippen LogP contribution in [0.4, 0.5) is 0 Å². The van der Waals surface area contributed by atoms with Gasteiger partial charge in [-0.05, 0) is 58.9 Å². The van der Waals surface area contributed by atoms with Crippen LogP contribution in [0.25, 0.3) is 11.0 Å². The van der Waals surface area contributed by atoms with Crippen molar-refractivity contribution in [3.63, 3.8) is 0 Å². The Kier molecular flexibility index (Phi) is 3.89. The van der Waals surface area contributed by atoms with Gasteiger partial charge in [0.15, 0.2) is 0 Å². The largest absolute Gasteiger partial charge is 0.346 e. The number of aromatic nitrogens is 2. The molecule has 1 atom stereocenters.